The third-order valence-corrected chi connectivity index (χ3v) is 7.01. The number of carbonyl (C=O) groups excluding carboxylic acids is 1. The highest BCUT2D eigenvalue weighted by Gasteiger charge is 2.23. The highest BCUT2D eigenvalue weighted by atomic mass is 32.2. The van der Waals surface area contributed by atoms with Gasteiger partial charge in [-0.2, -0.15) is 0 Å². The summed E-state index contributed by atoms with van der Waals surface area (Å²) in [6.07, 6.45) is 1.91. The van der Waals surface area contributed by atoms with Crippen molar-refractivity contribution in [1.29, 1.82) is 0 Å². The van der Waals surface area contributed by atoms with E-state index in [1.54, 1.807) is 10.9 Å². The van der Waals surface area contributed by atoms with Gasteiger partial charge in [-0.15, -0.1) is 10.2 Å². The first kappa shape index (κ1) is 28.4. The Balaban J connectivity index is 1.40. The number of carbonyl (C=O) groups is 1. The molecule has 204 valence electrons. The molecular weight excluding hydrogens is 520 g/mol. The van der Waals surface area contributed by atoms with Crippen LogP contribution >= 0.6 is 11.8 Å². The van der Waals surface area contributed by atoms with Gasteiger partial charge < -0.3 is 15.8 Å². The molecule has 10 heteroatoms. The molecule has 1 aromatic heterocycles. The van der Waals surface area contributed by atoms with Crippen LogP contribution in [-0.4, -0.2) is 45.2 Å². The van der Waals surface area contributed by atoms with Gasteiger partial charge >= 0.3 is 5.97 Å². The van der Waals surface area contributed by atoms with Gasteiger partial charge in [-0.1, -0.05) is 61.2 Å². The van der Waals surface area contributed by atoms with Crippen molar-refractivity contribution in [2.75, 3.05) is 12.3 Å². The number of ether oxygens (including phenoxy) is 1. The summed E-state index contributed by atoms with van der Waals surface area (Å²) in [5.41, 5.74) is 10.00. The van der Waals surface area contributed by atoms with Gasteiger partial charge in [-0.3, -0.25) is 9.36 Å². The van der Waals surface area contributed by atoms with E-state index in [1.807, 2.05) is 42.5 Å². The molecule has 0 amide bonds. The van der Waals surface area contributed by atoms with E-state index in [-0.39, 0.29) is 18.7 Å². The van der Waals surface area contributed by atoms with Crippen LogP contribution in [0.15, 0.2) is 84.3 Å². The lowest BCUT2D eigenvalue weighted by Crippen LogP contribution is -2.46. The zero-order chi connectivity index (χ0) is 27.6. The van der Waals surface area contributed by atoms with Crippen LogP contribution < -0.4 is 11.1 Å². The second-order valence-corrected chi connectivity index (χ2v) is 10.0. The van der Waals surface area contributed by atoms with E-state index in [2.05, 4.69) is 34.6 Å². The molecule has 39 heavy (non-hydrogen) atoms. The second kappa shape index (κ2) is 14.0. The Morgan fingerprint density at radius 1 is 1.03 bits per heavy atom. The Labute approximate surface area is 230 Å². The first-order valence-electron chi connectivity index (χ1n) is 12.7. The predicted molar refractivity (Wildman–Crippen MR) is 148 cm³/mol. The van der Waals surface area contributed by atoms with Gasteiger partial charge in [0.2, 0.25) is 0 Å². The number of nitrogens with one attached hydrogen (secondary N) is 1. The van der Waals surface area contributed by atoms with Crippen LogP contribution in [0.25, 0.3) is 5.69 Å². The second-order valence-electron chi connectivity index (χ2n) is 9.09. The number of nitrogens with two attached hydrogens (primary N) is 1. The largest absolute Gasteiger partial charge is 0.459 e. The fourth-order valence-corrected chi connectivity index (χ4v) is 4.86. The van der Waals surface area contributed by atoms with Crippen molar-refractivity contribution in [2.45, 2.75) is 43.6 Å². The number of halogens is 2. The summed E-state index contributed by atoms with van der Waals surface area (Å²) in [7, 11) is 0. The molecule has 0 aliphatic rings. The normalized spacial score (nSPS) is 12.7. The SMILES string of the molecule is CCc1cccc(CNC[C@@H](OC(=O)CSc2nncn2-c2ccccc2)[C@@H](N)Cc2cc(F)cc(F)c2)c1. The molecule has 0 radical (unpaired) electrons. The van der Waals surface area contributed by atoms with Crippen molar-refractivity contribution in [3.63, 3.8) is 0 Å². The van der Waals surface area contributed by atoms with Crippen molar-refractivity contribution in [1.82, 2.24) is 20.1 Å². The van der Waals surface area contributed by atoms with Crippen molar-refractivity contribution in [3.05, 3.63) is 107 Å². The first-order chi connectivity index (χ1) is 18.9. The molecule has 0 saturated heterocycles. The number of hydrogen-bond acceptors (Lipinski definition) is 7. The van der Waals surface area contributed by atoms with Crippen LogP contribution in [0.1, 0.15) is 23.6 Å². The monoisotopic (exact) mass is 551 g/mol. The molecule has 0 saturated carbocycles. The molecule has 0 bridgehead atoms. The molecule has 0 aliphatic heterocycles. The molecule has 0 fully saturated rings. The summed E-state index contributed by atoms with van der Waals surface area (Å²) in [6, 6.07) is 20.3. The molecule has 4 rings (SSSR count). The van der Waals surface area contributed by atoms with Crippen molar-refractivity contribution in [2.24, 2.45) is 5.73 Å². The highest BCUT2D eigenvalue weighted by Crippen LogP contribution is 2.20. The van der Waals surface area contributed by atoms with Crippen molar-refractivity contribution >= 4 is 17.7 Å². The van der Waals surface area contributed by atoms with Gasteiger partial charge in [-0.25, -0.2) is 8.78 Å². The Morgan fingerprint density at radius 3 is 2.51 bits per heavy atom. The van der Waals surface area contributed by atoms with Crippen LogP contribution in [0.2, 0.25) is 0 Å². The molecule has 1 heterocycles. The molecule has 0 spiro atoms. The zero-order valence-electron chi connectivity index (χ0n) is 21.6. The quantitative estimate of drug-likeness (QED) is 0.187. The molecule has 3 N–H and O–H groups in total. The number of para-hydroxylation sites is 1. The molecule has 4 aromatic rings. The number of thioether (sulfide) groups is 1. The zero-order valence-corrected chi connectivity index (χ0v) is 22.4. The summed E-state index contributed by atoms with van der Waals surface area (Å²) in [6.45, 7) is 2.92. The van der Waals surface area contributed by atoms with Gasteiger partial charge in [-0.05, 0) is 53.8 Å². The topological polar surface area (TPSA) is 95.1 Å². The van der Waals surface area contributed by atoms with Gasteiger partial charge in [0.15, 0.2) is 5.16 Å². The van der Waals surface area contributed by atoms with E-state index in [0.717, 1.165) is 23.7 Å². The van der Waals surface area contributed by atoms with E-state index >= 15 is 0 Å². The van der Waals surface area contributed by atoms with Crippen LogP contribution in [0.4, 0.5) is 8.78 Å². The molecule has 0 aliphatic carbocycles. The van der Waals surface area contributed by atoms with Gasteiger partial charge in [0.1, 0.15) is 24.1 Å². The standard InChI is InChI=1S/C29H31F2N5O2S/c1-2-20-7-6-8-21(11-20)16-33-17-27(26(32)14-22-12-23(30)15-24(31)13-22)38-28(37)18-39-29-35-34-19-36(29)25-9-4-3-5-10-25/h3-13,15,19,26-27,33H,2,14,16-18,32H2,1H3/t26-,27+/m0/s1. The summed E-state index contributed by atoms with van der Waals surface area (Å²) < 4.78 is 35.0. The number of hydrogen-bond donors (Lipinski definition) is 2. The Hall–Kier alpha value is -3.60. The molecule has 3 aromatic carbocycles. The maximum Gasteiger partial charge on any atom is 0.316 e. The summed E-state index contributed by atoms with van der Waals surface area (Å²) in [4.78, 5) is 12.9. The number of esters is 1. The maximum absolute atomic E-state index is 13.7. The minimum Gasteiger partial charge on any atom is -0.459 e. The maximum atomic E-state index is 13.7. The molecule has 7 nitrogen and oxygen atoms in total. The van der Waals surface area contributed by atoms with Crippen LogP contribution in [0, 0.1) is 11.6 Å². The molecule has 0 unspecified atom stereocenters. The third kappa shape index (κ3) is 8.44. The fraction of sp³-hybridized carbons (Fsp3) is 0.276. The Kier molecular flexibility index (Phi) is 10.2. The van der Waals surface area contributed by atoms with E-state index in [0.29, 0.717) is 17.3 Å². The fourth-order valence-electron chi connectivity index (χ4n) is 4.15. The average Bonchev–Trinajstić information content (AvgIpc) is 3.40. The number of nitrogens with zero attached hydrogens (tertiary/aromatic N) is 3. The Morgan fingerprint density at radius 2 is 1.77 bits per heavy atom. The summed E-state index contributed by atoms with van der Waals surface area (Å²) >= 11 is 1.20. The number of benzene rings is 3. The van der Waals surface area contributed by atoms with Gasteiger partial charge in [0.05, 0.1) is 5.75 Å². The van der Waals surface area contributed by atoms with E-state index in [4.69, 9.17) is 10.5 Å². The van der Waals surface area contributed by atoms with Crippen molar-refractivity contribution in [3.8, 4) is 5.69 Å². The van der Waals surface area contributed by atoms with Crippen LogP contribution in [-0.2, 0) is 28.9 Å². The Bertz CT molecular complexity index is 1350. The molecular formula is C29H31F2N5O2S. The van der Waals surface area contributed by atoms with E-state index in [9.17, 15) is 13.6 Å². The van der Waals surface area contributed by atoms with Gasteiger partial charge in [0, 0.05) is 30.9 Å². The minimum atomic E-state index is -0.731. The van der Waals surface area contributed by atoms with Crippen LogP contribution in [0.3, 0.4) is 0 Å². The smallest absolute Gasteiger partial charge is 0.316 e. The minimum absolute atomic E-state index is 0.0120. The lowest BCUT2D eigenvalue weighted by molar-refractivity contribution is -0.146. The first-order valence-corrected chi connectivity index (χ1v) is 13.7. The summed E-state index contributed by atoms with van der Waals surface area (Å²) in [5.74, 6) is -1.86. The number of aryl methyl sites for hydroxylation is 1. The average molecular weight is 552 g/mol. The predicted octanol–water partition coefficient (Wildman–Crippen LogP) is 4.47. The third-order valence-electron chi connectivity index (χ3n) is 6.10. The van der Waals surface area contributed by atoms with E-state index in [1.165, 1.54) is 29.5 Å². The highest BCUT2D eigenvalue weighted by molar-refractivity contribution is 7.99. The van der Waals surface area contributed by atoms with Crippen molar-refractivity contribution < 1.29 is 18.3 Å². The number of rotatable bonds is 13. The summed E-state index contributed by atoms with van der Waals surface area (Å²) in [5, 5.41) is 11.9. The lowest BCUT2D eigenvalue weighted by Gasteiger charge is -2.25. The number of aromatic nitrogens is 3. The lowest BCUT2D eigenvalue weighted by atomic mass is 10.0. The van der Waals surface area contributed by atoms with E-state index < -0.39 is 29.7 Å². The molecule has 2 atom stereocenters. The van der Waals surface area contributed by atoms with Crippen LogP contribution in [0.5, 0.6) is 0 Å². The van der Waals surface area contributed by atoms with Gasteiger partial charge in [0.25, 0.3) is 0 Å².